The van der Waals surface area contributed by atoms with Crippen molar-refractivity contribution >= 4 is 0 Å². The van der Waals surface area contributed by atoms with E-state index < -0.39 is 5.41 Å². The molecule has 0 aliphatic carbocycles. The highest BCUT2D eigenvalue weighted by atomic mass is 14.9. The number of hydrogen-bond acceptors (Lipinski definition) is 3. The van der Waals surface area contributed by atoms with Gasteiger partial charge in [-0.25, -0.2) is 9.97 Å². The zero-order chi connectivity index (χ0) is 14.9. The molecule has 1 aromatic carbocycles. The van der Waals surface area contributed by atoms with E-state index in [0.29, 0.717) is 5.82 Å². The molecule has 1 aromatic heterocycles. The fraction of sp³-hybridized carbons (Fsp3) is 0.353. The Morgan fingerprint density at radius 1 is 1.10 bits per heavy atom. The molecular formula is C17H19N3. The number of nitrogens with zero attached hydrogens (tertiary/aromatic N) is 3. The summed E-state index contributed by atoms with van der Waals surface area (Å²) in [5.74, 6) is 0.567. The molecule has 0 N–H and O–H groups in total. The van der Waals surface area contributed by atoms with E-state index >= 15 is 0 Å². The Bertz CT molecular complexity index is 671. The molecule has 0 radical (unpaired) electrons. The van der Waals surface area contributed by atoms with Crippen molar-refractivity contribution in [3.05, 3.63) is 46.9 Å². The molecule has 0 spiro atoms. The maximum absolute atomic E-state index is 9.22. The second kappa shape index (κ2) is 5.05. The lowest BCUT2D eigenvalue weighted by molar-refractivity contribution is 0.630. The first kappa shape index (κ1) is 14.2. The van der Waals surface area contributed by atoms with Gasteiger partial charge in [0.25, 0.3) is 0 Å². The Morgan fingerprint density at radius 3 is 2.25 bits per heavy atom. The van der Waals surface area contributed by atoms with Gasteiger partial charge >= 0.3 is 0 Å². The van der Waals surface area contributed by atoms with Crippen molar-refractivity contribution in [1.29, 1.82) is 5.26 Å². The predicted molar refractivity (Wildman–Crippen MR) is 80.3 cm³/mol. The quantitative estimate of drug-likeness (QED) is 0.828. The zero-order valence-electron chi connectivity index (χ0n) is 12.7. The smallest absolute Gasteiger partial charge is 0.148 e. The van der Waals surface area contributed by atoms with E-state index in [1.165, 1.54) is 16.7 Å². The molecule has 102 valence electrons. The molecule has 1 heterocycles. The standard InChI is InChI=1S/C17H19N3/c1-11-8-12(2)15(13(3)9-11)14-6-7-19-16(20-14)17(4,5)10-18/h6-9H,1-5H3. The van der Waals surface area contributed by atoms with Crippen molar-refractivity contribution in [3.63, 3.8) is 0 Å². The van der Waals surface area contributed by atoms with Crippen LogP contribution in [0.25, 0.3) is 11.3 Å². The Labute approximate surface area is 120 Å². The fourth-order valence-corrected chi connectivity index (χ4v) is 2.43. The third kappa shape index (κ3) is 2.55. The topological polar surface area (TPSA) is 49.6 Å². The Kier molecular flexibility index (Phi) is 3.59. The highest BCUT2D eigenvalue weighted by Gasteiger charge is 2.24. The van der Waals surface area contributed by atoms with Crippen LogP contribution < -0.4 is 0 Å². The monoisotopic (exact) mass is 265 g/mol. The molecule has 0 amide bonds. The van der Waals surface area contributed by atoms with Crippen LogP contribution in [-0.4, -0.2) is 9.97 Å². The van der Waals surface area contributed by atoms with E-state index in [4.69, 9.17) is 0 Å². The number of aromatic nitrogens is 2. The van der Waals surface area contributed by atoms with Crippen LogP contribution in [0.15, 0.2) is 24.4 Å². The summed E-state index contributed by atoms with van der Waals surface area (Å²) in [4.78, 5) is 8.85. The predicted octanol–water partition coefficient (Wildman–Crippen LogP) is 3.87. The third-order valence-electron chi connectivity index (χ3n) is 3.43. The van der Waals surface area contributed by atoms with Crippen LogP contribution in [0.4, 0.5) is 0 Å². The molecule has 0 unspecified atom stereocenters. The second-order valence-electron chi connectivity index (χ2n) is 5.78. The summed E-state index contributed by atoms with van der Waals surface area (Å²) < 4.78 is 0. The molecule has 20 heavy (non-hydrogen) atoms. The van der Waals surface area contributed by atoms with Gasteiger partial charge < -0.3 is 0 Å². The van der Waals surface area contributed by atoms with Gasteiger partial charge in [-0.3, -0.25) is 0 Å². The van der Waals surface area contributed by atoms with Gasteiger partial charge in [0.2, 0.25) is 0 Å². The minimum Gasteiger partial charge on any atom is -0.240 e. The van der Waals surface area contributed by atoms with Crippen LogP contribution in [-0.2, 0) is 5.41 Å². The van der Waals surface area contributed by atoms with Gasteiger partial charge in [0.05, 0.1) is 11.8 Å². The van der Waals surface area contributed by atoms with Crippen LogP contribution in [0.1, 0.15) is 36.4 Å². The minimum atomic E-state index is -0.678. The van der Waals surface area contributed by atoms with E-state index in [0.717, 1.165) is 11.3 Å². The van der Waals surface area contributed by atoms with E-state index in [-0.39, 0.29) is 0 Å². The van der Waals surface area contributed by atoms with Gasteiger partial charge in [-0.05, 0) is 51.8 Å². The van der Waals surface area contributed by atoms with E-state index in [1.54, 1.807) is 6.20 Å². The van der Waals surface area contributed by atoms with Crippen molar-refractivity contribution in [3.8, 4) is 17.3 Å². The Hall–Kier alpha value is -2.21. The summed E-state index contributed by atoms with van der Waals surface area (Å²) in [6.07, 6.45) is 1.73. The van der Waals surface area contributed by atoms with Gasteiger partial charge in [-0.2, -0.15) is 5.26 Å². The normalized spacial score (nSPS) is 11.2. The zero-order valence-corrected chi connectivity index (χ0v) is 12.7. The largest absolute Gasteiger partial charge is 0.240 e. The van der Waals surface area contributed by atoms with Crippen LogP contribution in [0.5, 0.6) is 0 Å². The lowest BCUT2D eigenvalue weighted by Crippen LogP contribution is -2.18. The molecule has 0 fully saturated rings. The summed E-state index contributed by atoms with van der Waals surface area (Å²) in [5.41, 5.74) is 4.98. The van der Waals surface area contributed by atoms with Crippen molar-refractivity contribution in [2.45, 2.75) is 40.0 Å². The van der Waals surface area contributed by atoms with Gasteiger partial charge in [0, 0.05) is 11.8 Å². The molecule has 2 rings (SSSR count). The fourth-order valence-electron chi connectivity index (χ4n) is 2.43. The van der Waals surface area contributed by atoms with Crippen LogP contribution in [0, 0.1) is 32.1 Å². The highest BCUT2D eigenvalue weighted by Crippen LogP contribution is 2.28. The molecule has 0 aliphatic rings. The second-order valence-corrected chi connectivity index (χ2v) is 5.78. The lowest BCUT2D eigenvalue weighted by Gasteiger charge is -2.16. The summed E-state index contributed by atoms with van der Waals surface area (Å²) in [6, 6.07) is 8.46. The SMILES string of the molecule is Cc1cc(C)c(-c2ccnc(C(C)(C)C#N)n2)c(C)c1. The number of nitriles is 1. The van der Waals surface area contributed by atoms with E-state index in [9.17, 15) is 5.26 Å². The van der Waals surface area contributed by atoms with Crippen molar-refractivity contribution in [2.75, 3.05) is 0 Å². The molecule has 0 bridgehead atoms. The lowest BCUT2D eigenvalue weighted by atomic mass is 9.93. The molecule has 2 aromatic rings. The summed E-state index contributed by atoms with van der Waals surface area (Å²) >= 11 is 0. The number of rotatable bonds is 2. The van der Waals surface area contributed by atoms with Gasteiger partial charge in [0.15, 0.2) is 0 Å². The molecule has 0 saturated heterocycles. The summed E-state index contributed by atoms with van der Waals surface area (Å²) in [7, 11) is 0. The highest BCUT2D eigenvalue weighted by molar-refractivity contribution is 5.68. The molecule has 3 heteroatoms. The van der Waals surface area contributed by atoms with Crippen LogP contribution >= 0.6 is 0 Å². The van der Waals surface area contributed by atoms with Gasteiger partial charge in [-0.1, -0.05) is 17.7 Å². The van der Waals surface area contributed by atoms with Crippen LogP contribution in [0.3, 0.4) is 0 Å². The van der Waals surface area contributed by atoms with Gasteiger partial charge in [-0.15, -0.1) is 0 Å². The number of hydrogen-bond donors (Lipinski definition) is 0. The van der Waals surface area contributed by atoms with Gasteiger partial charge in [0.1, 0.15) is 11.2 Å². The Balaban J connectivity index is 2.62. The first-order valence-electron chi connectivity index (χ1n) is 6.68. The maximum Gasteiger partial charge on any atom is 0.148 e. The molecule has 0 aliphatic heterocycles. The molecule has 3 nitrogen and oxygen atoms in total. The van der Waals surface area contributed by atoms with E-state index in [2.05, 4.69) is 48.9 Å². The number of aryl methyl sites for hydroxylation is 3. The molecule has 0 saturated carbocycles. The average molecular weight is 265 g/mol. The van der Waals surface area contributed by atoms with Crippen LogP contribution in [0.2, 0.25) is 0 Å². The first-order valence-corrected chi connectivity index (χ1v) is 6.68. The summed E-state index contributed by atoms with van der Waals surface area (Å²) in [6.45, 7) is 9.94. The summed E-state index contributed by atoms with van der Waals surface area (Å²) in [5, 5.41) is 9.22. The molecular weight excluding hydrogens is 246 g/mol. The first-order chi connectivity index (χ1) is 9.35. The third-order valence-corrected chi connectivity index (χ3v) is 3.43. The minimum absolute atomic E-state index is 0.567. The number of benzene rings is 1. The van der Waals surface area contributed by atoms with Crippen molar-refractivity contribution in [2.24, 2.45) is 0 Å². The molecule has 0 atom stereocenters. The van der Waals surface area contributed by atoms with Crippen molar-refractivity contribution in [1.82, 2.24) is 9.97 Å². The Morgan fingerprint density at radius 2 is 1.70 bits per heavy atom. The average Bonchev–Trinajstić information content (AvgIpc) is 2.38. The van der Waals surface area contributed by atoms with E-state index in [1.807, 2.05) is 19.9 Å². The maximum atomic E-state index is 9.22. The van der Waals surface area contributed by atoms with Crippen molar-refractivity contribution < 1.29 is 0 Å².